The number of aromatic nitrogens is 4. The number of carbonyl (C=O) groups excluding carboxylic acids is 2. The second-order valence-electron chi connectivity index (χ2n) is 6.90. The molecule has 0 spiro atoms. The van der Waals surface area contributed by atoms with Gasteiger partial charge in [0.1, 0.15) is 0 Å². The van der Waals surface area contributed by atoms with E-state index < -0.39 is 5.91 Å². The molecular weight excluding hydrogens is 356 g/mol. The Morgan fingerprint density at radius 1 is 1.07 bits per heavy atom. The van der Waals surface area contributed by atoms with E-state index in [2.05, 4.69) is 20.9 Å². The van der Waals surface area contributed by atoms with E-state index in [1.54, 1.807) is 23.1 Å². The highest BCUT2D eigenvalue weighted by Crippen LogP contribution is 2.20. The summed E-state index contributed by atoms with van der Waals surface area (Å²) in [6, 6.07) is 9.46. The number of pyridine rings is 1. The third-order valence-corrected chi connectivity index (χ3v) is 4.62. The molecule has 3 aromatic heterocycles. The van der Waals surface area contributed by atoms with Crippen LogP contribution in [0, 0.1) is 0 Å². The number of rotatable bonds is 3. The number of para-hydroxylation sites is 1. The van der Waals surface area contributed by atoms with Crippen LogP contribution in [0.1, 0.15) is 40.6 Å². The van der Waals surface area contributed by atoms with Crippen LogP contribution >= 0.6 is 0 Å². The molecule has 28 heavy (non-hydrogen) atoms. The lowest BCUT2D eigenvalue weighted by Crippen LogP contribution is -2.41. The maximum Gasteiger partial charge on any atom is 0.271 e. The molecule has 0 aliphatic heterocycles. The zero-order chi connectivity index (χ0) is 19.8. The van der Waals surface area contributed by atoms with Crippen molar-refractivity contribution >= 4 is 33.8 Å². The highest BCUT2D eigenvalue weighted by atomic mass is 16.2. The van der Waals surface area contributed by atoms with Crippen molar-refractivity contribution in [3.63, 3.8) is 0 Å². The molecule has 0 unspecified atom stereocenters. The molecule has 8 heteroatoms. The Morgan fingerprint density at radius 2 is 1.82 bits per heavy atom. The quantitative estimate of drug-likeness (QED) is 0.538. The summed E-state index contributed by atoms with van der Waals surface area (Å²) in [5.41, 5.74) is 7.41. The molecule has 0 saturated heterocycles. The van der Waals surface area contributed by atoms with Gasteiger partial charge in [0.05, 0.1) is 17.3 Å². The Labute approximate surface area is 161 Å². The summed E-state index contributed by atoms with van der Waals surface area (Å²) < 4.78 is 3.66. The second kappa shape index (κ2) is 6.80. The van der Waals surface area contributed by atoms with E-state index in [-0.39, 0.29) is 11.9 Å². The van der Waals surface area contributed by atoms with Crippen LogP contribution < -0.4 is 10.9 Å². The maximum absolute atomic E-state index is 12.5. The molecular formula is C20H20N6O2. The average molecular weight is 376 g/mol. The summed E-state index contributed by atoms with van der Waals surface area (Å²) in [6.45, 7) is 4.02. The van der Waals surface area contributed by atoms with Crippen molar-refractivity contribution in [3.05, 3.63) is 60.0 Å². The predicted octanol–water partition coefficient (Wildman–Crippen LogP) is 2.58. The van der Waals surface area contributed by atoms with Crippen LogP contribution in [-0.2, 0) is 7.05 Å². The van der Waals surface area contributed by atoms with Crippen molar-refractivity contribution < 1.29 is 9.59 Å². The topological polar surface area (TPSA) is 93.8 Å². The lowest BCUT2D eigenvalue weighted by Gasteiger charge is -2.08. The number of hydrazine groups is 1. The van der Waals surface area contributed by atoms with Gasteiger partial charge in [-0.1, -0.05) is 18.2 Å². The number of amides is 2. The van der Waals surface area contributed by atoms with Gasteiger partial charge in [-0.2, -0.15) is 5.10 Å². The molecule has 0 aliphatic carbocycles. The van der Waals surface area contributed by atoms with Crippen LogP contribution in [0.5, 0.6) is 0 Å². The Bertz CT molecular complexity index is 1200. The molecule has 2 N–H and O–H groups in total. The third kappa shape index (κ3) is 2.98. The summed E-state index contributed by atoms with van der Waals surface area (Å²) in [6.07, 6.45) is 4.89. The molecule has 142 valence electrons. The molecule has 3 heterocycles. The normalized spacial score (nSPS) is 11.3. The number of carbonyl (C=O) groups is 2. The van der Waals surface area contributed by atoms with Gasteiger partial charge in [0, 0.05) is 41.8 Å². The van der Waals surface area contributed by atoms with Crippen molar-refractivity contribution in [2.75, 3.05) is 0 Å². The summed E-state index contributed by atoms with van der Waals surface area (Å²) in [4.78, 5) is 29.3. The van der Waals surface area contributed by atoms with Gasteiger partial charge in [-0.3, -0.25) is 20.4 Å². The number of benzene rings is 1. The van der Waals surface area contributed by atoms with E-state index in [0.29, 0.717) is 16.8 Å². The first-order valence-corrected chi connectivity index (χ1v) is 8.93. The van der Waals surface area contributed by atoms with Crippen molar-refractivity contribution in [2.24, 2.45) is 7.05 Å². The summed E-state index contributed by atoms with van der Waals surface area (Å²) in [7, 11) is 1.87. The van der Waals surface area contributed by atoms with E-state index in [1.807, 2.05) is 49.7 Å². The molecule has 8 nitrogen and oxygen atoms in total. The van der Waals surface area contributed by atoms with E-state index >= 15 is 0 Å². The van der Waals surface area contributed by atoms with Crippen LogP contribution in [0.2, 0.25) is 0 Å². The monoisotopic (exact) mass is 376 g/mol. The summed E-state index contributed by atoms with van der Waals surface area (Å²) in [5, 5.41) is 5.88. The van der Waals surface area contributed by atoms with E-state index in [4.69, 9.17) is 0 Å². The van der Waals surface area contributed by atoms with Gasteiger partial charge in [-0.25, -0.2) is 9.67 Å². The first-order valence-electron chi connectivity index (χ1n) is 8.93. The maximum atomic E-state index is 12.5. The Balaban J connectivity index is 1.51. The number of hydrogen-bond donors (Lipinski definition) is 2. The van der Waals surface area contributed by atoms with Crippen molar-refractivity contribution in [3.8, 4) is 0 Å². The third-order valence-electron chi connectivity index (χ3n) is 4.62. The fourth-order valence-electron chi connectivity index (χ4n) is 3.22. The van der Waals surface area contributed by atoms with Crippen molar-refractivity contribution in [1.82, 2.24) is 30.2 Å². The number of hydrogen-bond acceptors (Lipinski definition) is 4. The summed E-state index contributed by atoms with van der Waals surface area (Å²) in [5.74, 6) is -0.827. The predicted molar refractivity (Wildman–Crippen MR) is 106 cm³/mol. The van der Waals surface area contributed by atoms with Gasteiger partial charge in [-0.15, -0.1) is 0 Å². The SMILES string of the molecule is CC(C)n1ncc2cc(C(=O)NNC(=O)c3cn(C)c4ccccc34)cnc21. The minimum Gasteiger partial charge on any atom is -0.350 e. The van der Waals surface area contributed by atoms with Crippen LogP contribution in [0.3, 0.4) is 0 Å². The first kappa shape index (κ1) is 17.7. The van der Waals surface area contributed by atoms with Gasteiger partial charge in [-0.05, 0) is 26.0 Å². The molecule has 0 aliphatic rings. The molecule has 0 bridgehead atoms. The van der Waals surface area contributed by atoms with Crippen LogP contribution in [0.15, 0.2) is 48.9 Å². The lowest BCUT2D eigenvalue weighted by molar-refractivity contribution is 0.0847. The minimum absolute atomic E-state index is 0.171. The van der Waals surface area contributed by atoms with Gasteiger partial charge in [0.25, 0.3) is 11.8 Å². The van der Waals surface area contributed by atoms with Gasteiger partial charge in [0.15, 0.2) is 5.65 Å². The second-order valence-corrected chi connectivity index (χ2v) is 6.90. The molecule has 2 amide bonds. The van der Waals surface area contributed by atoms with E-state index in [1.165, 1.54) is 6.20 Å². The van der Waals surface area contributed by atoms with E-state index in [9.17, 15) is 9.59 Å². The number of nitrogens with one attached hydrogen (secondary N) is 2. The zero-order valence-electron chi connectivity index (χ0n) is 15.8. The first-order chi connectivity index (χ1) is 13.5. The fraction of sp³-hybridized carbons (Fsp3) is 0.200. The molecule has 0 fully saturated rings. The number of nitrogens with zero attached hydrogens (tertiary/aromatic N) is 4. The van der Waals surface area contributed by atoms with Gasteiger partial charge >= 0.3 is 0 Å². The Hall–Kier alpha value is -3.68. The fourth-order valence-corrected chi connectivity index (χ4v) is 3.22. The average Bonchev–Trinajstić information content (AvgIpc) is 3.27. The lowest BCUT2D eigenvalue weighted by atomic mass is 10.2. The van der Waals surface area contributed by atoms with Crippen molar-refractivity contribution in [1.29, 1.82) is 0 Å². The van der Waals surface area contributed by atoms with Crippen LogP contribution in [0.4, 0.5) is 0 Å². The number of aryl methyl sites for hydroxylation is 1. The largest absolute Gasteiger partial charge is 0.350 e. The van der Waals surface area contributed by atoms with Crippen molar-refractivity contribution in [2.45, 2.75) is 19.9 Å². The molecule has 0 saturated carbocycles. The van der Waals surface area contributed by atoms with Gasteiger partial charge < -0.3 is 4.57 Å². The Morgan fingerprint density at radius 3 is 2.61 bits per heavy atom. The zero-order valence-corrected chi connectivity index (χ0v) is 15.8. The highest BCUT2D eigenvalue weighted by molar-refractivity contribution is 6.08. The number of fused-ring (bicyclic) bond motifs is 2. The van der Waals surface area contributed by atoms with Crippen LogP contribution in [0.25, 0.3) is 21.9 Å². The molecule has 0 radical (unpaired) electrons. The minimum atomic E-state index is -0.444. The van der Waals surface area contributed by atoms with Crippen LogP contribution in [-0.4, -0.2) is 31.1 Å². The summed E-state index contributed by atoms with van der Waals surface area (Å²) >= 11 is 0. The van der Waals surface area contributed by atoms with Gasteiger partial charge in [0.2, 0.25) is 0 Å². The molecule has 4 aromatic rings. The molecule has 0 atom stereocenters. The highest BCUT2D eigenvalue weighted by Gasteiger charge is 2.16. The van der Waals surface area contributed by atoms with E-state index in [0.717, 1.165) is 16.3 Å². The molecule has 1 aromatic carbocycles. The Kier molecular flexibility index (Phi) is 4.31. The standard InChI is InChI=1S/C20H20N6O2/c1-12(2)26-18-13(10-22-26)8-14(9-21-18)19(27)23-24-20(28)16-11-25(3)17-7-5-4-6-15(16)17/h4-12H,1-3H3,(H,23,27)(H,24,28). The molecule has 4 rings (SSSR count). The smallest absolute Gasteiger partial charge is 0.271 e.